The normalized spacial score (nSPS) is 10.7. The predicted molar refractivity (Wildman–Crippen MR) is 142 cm³/mol. The molecule has 34 heavy (non-hydrogen) atoms. The van der Waals surface area contributed by atoms with Crippen molar-refractivity contribution in [2.45, 2.75) is 33.7 Å². The van der Waals surface area contributed by atoms with Crippen molar-refractivity contribution in [3.8, 4) is 11.4 Å². The number of anilines is 1. The minimum atomic E-state index is -0.289. The Morgan fingerprint density at radius 3 is 2.41 bits per heavy atom. The molecule has 0 unspecified atom stereocenters. The Hall–Kier alpha value is -3.80. The molecule has 3 rings (SSSR count). The van der Waals surface area contributed by atoms with Crippen molar-refractivity contribution >= 4 is 17.3 Å². The second kappa shape index (κ2) is 13.0. The van der Waals surface area contributed by atoms with Crippen LogP contribution in [0.15, 0.2) is 73.6 Å². The van der Waals surface area contributed by atoms with Gasteiger partial charge in [-0.15, -0.1) is 0 Å². The fraction of sp³-hybridized carbons (Fsp3) is 0.250. The number of benzene rings is 2. The van der Waals surface area contributed by atoms with E-state index in [1.807, 2.05) is 38.2 Å². The van der Waals surface area contributed by atoms with Crippen LogP contribution in [0, 0.1) is 5.82 Å². The maximum Gasteiger partial charge on any atom is 0.142 e. The first-order chi connectivity index (χ1) is 16.4. The molecule has 0 saturated carbocycles. The third-order valence-corrected chi connectivity index (χ3v) is 5.02. The molecule has 1 aromatic heterocycles. The van der Waals surface area contributed by atoms with Gasteiger partial charge in [0.05, 0.1) is 30.4 Å². The van der Waals surface area contributed by atoms with E-state index in [2.05, 4.69) is 42.7 Å². The van der Waals surface area contributed by atoms with Gasteiger partial charge in [0, 0.05) is 30.4 Å². The molecule has 2 aromatic carbocycles. The van der Waals surface area contributed by atoms with E-state index in [0.29, 0.717) is 6.54 Å². The summed E-state index contributed by atoms with van der Waals surface area (Å²) < 4.78 is 20.5. The summed E-state index contributed by atoms with van der Waals surface area (Å²) in [4.78, 5) is 0. The number of rotatable bonds is 9. The third kappa shape index (κ3) is 6.38. The van der Waals surface area contributed by atoms with Gasteiger partial charge in [-0.1, -0.05) is 45.6 Å². The molecule has 0 radical (unpaired) electrons. The van der Waals surface area contributed by atoms with Gasteiger partial charge in [0.25, 0.3) is 0 Å². The second-order valence-corrected chi connectivity index (χ2v) is 7.56. The summed E-state index contributed by atoms with van der Waals surface area (Å²) in [6.07, 6.45) is 6.75. The average Bonchev–Trinajstić information content (AvgIpc) is 3.27. The minimum Gasteiger partial charge on any atom is -0.495 e. The lowest BCUT2D eigenvalue weighted by atomic mass is 10.0. The molecular formula is C28H35FN4O. The van der Waals surface area contributed by atoms with Crippen LogP contribution in [0.2, 0.25) is 0 Å². The number of nitrogens with one attached hydrogen (secondary N) is 2. The number of nitrogens with zero attached hydrogens (tertiary/aromatic N) is 2. The van der Waals surface area contributed by atoms with E-state index >= 15 is 0 Å². The SMILES string of the molecule is C=Cc1c(/C(=C\C)C(=C)NCc2ccc(NC)c(OC)c2)cnn1-c1ccc(F)cc1.CCC. The summed E-state index contributed by atoms with van der Waals surface area (Å²) in [5.41, 5.74) is 6.14. The van der Waals surface area contributed by atoms with Gasteiger partial charge in [0.15, 0.2) is 0 Å². The molecule has 1 heterocycles. The van der Waals surface area contributed by atoms with Gasteiger partial charge >= 0.3 is 0 Å². The van der Waals surface area contributed by atoms with E-state index in [1.165, 1.54) is 18.6 Å². The number of aromatic nitrogens is 2. The van der Waals surface area contributed by atoms with Crippen molar-refractivity contribution in [2.24, 2.45) is 0 Å². The highest BCUT2D eigenvalue weighted by Gasteiger charge is 2.15. The van der Waals surface area contributed by atoms with Crippen LogP contribution in [0.5, 0.6) is 5.75 Å². The Balaban J connectivity index is 0.00000129. The second-order valence-electron chi connectivity index (χ2n) is 7.56. The molecule has 6 heteroatoms. The van der Waals surface area contributed by atoms with E-state index in [9.17, 15) is 4.39 Å². The van der Waals surface area contributed by atoms with Crippen LogP contribution < -0.4 is 15.4 Å². The summed E-state index contributed by atoms with van der Waals surface area (Å²) in [6, 6.07) is 12.2. The van der Waals surface area contributed by atoms with Gasteiger partial charge in [-0.3, -0.25) is 0 Å². The van der Waals surface area contributed by atoms with Gasteiger partial charge in [-0.25, -0.2) is 9.07 Å². The molecule has 3 aromatic rings. The molecule has 0 atom stereocenters. The van der Waals surface area contributed by atoms with E-state index in [-0.39, 0.29) is 5.82 Å². The third-order valence-electron chi connectivity index (χ3n) is 5.02. The largest absolute Gasteiger partial charge is 0.495 e. The Labute approximate surface area is 202 Å². The zero-order valence-corrected chi connectivity index (χ0v) is 20.8. The number of methoxy groups -OCH3 is 1. The van der Waals surface area contributed by atoms with Crippen molar-refractivity contribution in [3.05, 3.63) is 96.2 Å². The molecule has 0 aliphatic carbocycles. The Bertz CT molecular complexity index is 1130. The van der Waals surface area contributed by atoms with Gasteiger partial charge in [-0.2, -0.15) is 5.10 Å². The summed E-state index contributed by atoms with van der Waals surface area (Å²) in [6.45, 7) is 15.0. The number of hydrogen-bond acceptors (Lipinski definition) is 4. The molecule has 180 valence electrons. The monoisotopic (exact) mass is 462 g/mol. The zero-order valence-electron chi connectivity index (χ0n) is 20.8. The molecule has 0 amide bonds. The summed E-state index contributed by atoms with van der Waals surface area (Å²) in [7, 11) is 3.51. The van der Waals surface area contributed by atoms with E-state index < -0.39 is 0 Å². The highest BCUT2D eigenvalue weighted by Crippen LogP contribution is 2.28. The lowest BCUT2D eigenvalue weighted by Crippen LogP contribution is -2.14. The average molecular weight is 463 g/mol. The van der Waals surface area contributed by atoms with E-state index in [0.717, 1.165) is 45.2 Å². The molecule has 0 aliphatic heterocycles. The summed E-state index contributed by atoms with van der Waals surface area (Å²) in [5.74, 6) is 0.496. The number of ether oxygens (including phenoxy) is 1. The first-order valence-electron chi connectivity index (χ1n) is 11.3. The van der Waals surface area contributed by atoms with Crippen molar-refractivity contribution in [3.63, 3.8) is 0 Å². The fourth-order valence-corrected chi connectivity index (χ4v) is 3.40. The molecular weight excluding hydrogens is 427 g/mol. The smallest absolute Gasteiger partial charge is 0.142 e. The molecule has 0 bridgehead atoms. The predicted octanol–water partition coefficient (Wildman–Crippen LogP) is 6.83. The highest BCUT2D eigenvalue weighted by molar-refractivity contribution is 5.82. The molecule has 2 N–H and O–H groups in total. The van der Waals surface area contributed by atoms with Crippen LogP contribution in [-0.4, -0.2) is 23.9 Å². The topological polar surface area (TPSA) is 51.1 Å². The van der Waals surface area contributed by atoms with E-state index in [1.54, 1.807) is 36.2 Å². The van der Waals surface area contributed by atoms with Crippen LogP contribution in [0.25, 0.3) is 17.3 Å². The van der Waals surface area contributed by atoms with Gasteiger partial charge in [-0.05, 0) is 55.0 Å². The fourth-order valence-electron chi connectivity index (χ4n) is 3.40. The molecule has 0 saturated heterocycles. The quantitative estimate of drug-likeness (QED) is 0.342. The first kappa shape index (κ1) is 26.5. The molecule has 0 spiro atoms. The van der Waals surface area contributed by atoms with Crippen molar-refractivity contribution in [1.29, 1.82) is 0 Å². The maximum absolute atomic E-state index is 13.3. The Kier molecular flexibility index (Phi) is 10.1. The number of allylic oxidation sites excluding steroid dienone is 2. The maximum atomic E-state index is 13.3. The lowest BCUT2D eigenvalue weighted by Gasteiger charge is -2.15. The zero-order chi connectivity index (χ0) is 25.1. The van der Waals surface area contributed by atoms with Gasteiger partial charge in [0.2, 0.25) is 0 Å². The van der Waals surface area contributed by atoms with Crippen LogP contribution in [0.4, 0.5) is 10.1 Å². The van der Waals surface area contributed by atoms with Crippen LogP contribution in [0.1, 0.15) is 44.0 Å². The number of hydrogen-bond donors (Lipinski definition) is 2. The Morgan fingerprint density at radius 1 is 1.18 bits per heavy atom. The lowest BCUT2D eigenvalue weighted by molar-refractivity contribution is 0.416. The van der Waals surface area contributed by atoms with Crippen LogP contribution in [-0.2, 0) is 6.54 Å². The van der Waals surface area contributed by atoms with Crippen LogP contribution in [0.3, 0.4) is 0 Å². The Morgan fingerprint density at radius 2 is 1.85 bits per heavy atom. The summed E-state index contributed by atoms with van der Waals surface area (Å²) >= 11 is 0. The minimum absolute atomic E-state index is 0.289. The van der Waals surface area contributed by atoms with Crippen molar-refractivity contribution in [2.75, 3.05) is 19.5 Å². The van der Waals surface area contributed by atoms with Crippen molar-refractivity contribution in [1.82, 2.24) is 15.1 Å². The van der Waals surface area contributed by atoms with Gasteiger partial charge < -0.3 is 15.4 Å². The highest BCUT2D eigenvalue weighted by atomic mass is 19.1. The number of halogens is 1. The molecule has 0 aliphatic rings. The standard InChI is InChI=1S/C25H27FN4O.C3H8/c1-6-21(17(3)28-15-18-8-13-23(27-4)25(14-18)31-5)22-16-29-30(24(22)7-2)20-11-9-19(26)10-12-20;1-3-2/h6-14,16,27-28H,2-3,15H2,1,4-5H3;3H2,1-2H3/b21-6-;. The van der Waals surface area contributed by atoms with Crippen LogP contribution >= 0.6 is 0 Å². The van der Waals surface area contributed by atoms with Gasteiger partial charge in [0.1, 0.15) is 11.6 Å². The molecule has 5 nitrogen and oxygen atoms in total. The first-order valence-corrected chi connectivity index (χ1v) is 11.3. The van der Waals surface area contributed by atoms with Crippen molar-refractivity contribution < 1.29 is 9.13 Å². The molecule has 0 fully saturated rings. The summed E-state index contributed by atoms with van der Waals surface area (Å²) in [5, 5.41) is 11.0. The van der Waals surface area contributed by atoms with E-state index in [4.69, 9.17) is 4.74 Å².